The van der Waals surface area contributed by atoms with Gasteiger partial charge >= 0.3 is 5.97 Å². The molecule has 6 nitrogen and oxygen atoms in total. The molecule has 1 aromatic heterocycles. The lowest BCUT2D eigenvalue weighted by Crippen LogP contribution is -2.36. The van der Waals surface area contributed by atoms with Crippen LogP contribution >= 0.6 is 0 Å². The maximum atomic E-state index is 11.0. The predicted octanol–water partition coefficient (Wildman–Crippen LogP) is 2.24. The SMILES string of the molecule is CC(C)CCNc1nccc(N2CCC(C(=O)O)CC2)n1. The molecule has 1 saturated heterocycles. The minimum Gasteiger partial charge on any atom is -0.481 e. The molecule has 116 valence electrons. The number of rotatable bonds is 6. The fraction of sp³-hybridized carbons (Fsp3) is 0.667. The average Bonchev–Trinajstić information content (AvgIpc) is 2.47. The predicted molar refractivity (Wildman–Crippen MR) is 82.5 cm³/mol. The van der Waals surface area contributed by atoms with E-state index in [1.165, 1.54) is 0 Å². The molecule has 1 aliphatic rings. The van der Waals surface area contributed by atoms with E-state index in [1.807, 2.05) is 6.07 Å². The van der Waals surface area contributed by atoms with E-state index in [0.29, 0.717) is 24.7 Å². The maximum absolute atomic E-state index is 11.0. The fourth-order valence-corrected chi connectivity index (χ4v) is 2.44. The van der Waals surface area contributed by atoms with Gasteiger partial charge in [0.15, 0.2) is 0 Å². The maximum Gasteiger partial charge on any atom is 0.306 e. The van der Waals surface area contributed by atoms with Gasteiger partial charge < -0.3 is 15.3 Å². The summed E-state index contributed by atoms with van der Waals surface area (Å²) in [6.07, 6.45) is 4.19. The van der Waals surface area contributed by atoms with Crippen LogP contribution in [0.25, 0.3) is 0 Å². The summed E-state index contributed by atoms with van der Waals surface area (Å²) in [5.41, 5.74) is 0. The zero-order valence-electron chi connectivity index (χ0n) is 12.7. The van der Waals surface area contributed by atoms with Crippen molar-refractivity contribution in [3.05, 3.63) is 12.3 Å². The molecule has 0 amide bonds. The third-order valence-corrected chi connectivity index (χ3v) is 3.81. The number of anilines is 2. The van der Waals surface area contributed by atoms with E-state index in [0.717, 1.165) is 31.9 Å². The lowest BCUT2D eigenvalue weighted by molar-refractivity contribution is -0.142. The van der Waals surface area contributed by atoms with Gasteiger partial charge in [-0.15, -0.1) is 0 Å². The van der Waals surface area contributed by atoms with E-state index >= 15 is 0 Å². The highest BCUT2D eigenvalue weighted by molar-refractivity contribution is 5.70. The van der Waals surface area contributed by atoms with Gasteiger partial charge in [-0.2, -0.15) is 4.98 Å². The Kier molecular flexibility index (Phi) is 5.36. The fourth-order valence-electron chi connectivity index (χ4n) is 2.44. The van der Waals surface area contributed by atoms with Crippen molar-refractivity contribution in [3.63, 3.8) is 0 Å². The third-order valence-electron chi connectivity index (χ3n) is 3.81. The largest absolute Gasteiger partial charge is 0.481 e. The summed E-state index contributed by atoms with van der Waals surface area (Å²) in [6, 6.07) is 1.88. The average molecular weight is 292 g/mol. The Hall–Kier alpha value is -1.85. The zero-order valence-corrected chi connectivity index (χ0v) is 12.7. The summed E-state index contributed by atoms with van der Waals surface area (Å²) >= 11 is 0. The topological polar surface area (TPSA) is 78.4 Å². The molecule has 1 aromatic rings. The normalized spacial score (nSPS) is 16.2. The quantitative estimate of drug-likeness (QED) is 0.837. The number of aromatic nitrogens is 2. The molecule has 2 N–H and O–H groups in total. The summed E-state index contributed by atoms with van der Waals surface area (Å²) < 4.78 is 0. The van der Waals surface area contributed by atoms with Crippen molar-refractivity contribution in [1.29, 1.82) is 0 Å². The first-order valence-electron chi connectivity index (χ1n) is 7.61. The summed E-state index contributed by atoms with van der Waals surface area (Å²) in [7, 11) is 0. The standard InChI is InChI=1S/C15H24N4O2/c1-11(2)3-7-16-15-17-8-4-13(18-15)19-9-5-12(6-10-19)14(20)21/h4,8,11-12H,3,5-7,9-10H2,1-2H3,(H,20,21)(H,16,17,18). The van der Waals surface area contributed by atoms with Gasteiger partial charge in [0.2, 0.25) is 5.95 Å². The van der Waals surface area contributed by atoms with Gasteiger partial charge in [0.05, 0.1) is 5.92 Å². The Bertz CT molecular complexity index is 470. The van der Waals surface area contributed by atoms with E-state index in [1.54, 1.807) is 6.20 Å². The number of carbonyl (C=O) groups is 1. The number of carboxylic acid groups (broad SMARTS) is 1. The van der Waals surface area contributed by atoms with E-state index in [2.05, 4.69) is 34.0 Å². The number of hydrogen-bond acceptors (Lipinski definition) is 5. The van der Waals surface area contributed by atoms with Crippen LogP contribution in [0.5, 0.6) is 0 Å². The number of piperidine rings is 1. The molecule has 0 aromatic carbocycles. The number of hydrogen-bond donors (Lipinski definition) is 2. The summed E-state index contributed by atoms with van der Waals surface area (Å²) in [6.45, 7) is 6.71. The van der Waals surface area contributed by atoms with Gasteiger partial charge in [0.1, 0.15) is 5.82 Å². The Morgan fingerprint density at radius 1 is 1.48 bits per heavy atom. The highest BCUT2D eigenvalue weighted by Crippen LogP contribution is 2.22. The summed E-state index contributed by atoms with van der Waals surface area (Å²) in [5, 5.41) is 12.3. The van der Waals surface area contributed by atoms with Crippen molar-refractivity contribution in [3.8, 4) is 0 Å². The summed E-state index contributed by atoms with van der Waals surface area (Å²) in [5.74, 6) is 1.27. The van der Waals surface area contributed by atoms with Crippen LogP contribution < -0.4 is 10.2 Å². The molecule has 0 spiro atoms. The van der Waals surface area contributed by atoms with Crippen LogP contribution in [0.2, 0.25) is 0 Å². The van der Waals surface area contributed by atoms with Gasteiger partial charge in [0.25, 0.3) is 0 Å². The Balaban J connectivity index is 1.90. The van der Waals surface area contributed by atoms with Crippen molar-refractivity contribution in [2.75, 3.05) is 29.9 Å². The van der Waals surface area contributed by atoms with Crippen LogP contribution in [0.4, 0.5) is 11.8 Å². The van der Waals surface area contributed by atoms with Crippen LogP contribution in [0.3, 0.4) is 0 Å². The number of nitrogens with zero attached hydrogens (tertiary/aromatic N) is 3. The lowest BCUT2D eigenvalue weighted by Gasteiger charge is -2.31. The lowest BCUT2D eigenvalue weighted by atomic mass is 9.97. The molecular weight excluding hydrogens is 268 g/mol. The molecular formula is C15H24N4O2. The molecule has 6 heteroatoms. The van der Waals surface area contributed by atoms with Crippen LogP contribution in [0, 0.1) is 11.8 Å². The van der Waals surface area contributed by atoms with Gasteiger partial charge in [-0.05, 0) is 31.2 Å². The molecule has 2 rings (SSSR count). The van der Waals surface area contributed by atoms with Gasteiger partial charge in [-0.3, -0.25) is 4.79 Å². The first-order chi connectivity index (χ1) is 10.1. The molecule has 0 saturated carbocycles. The molecule has 21 heavy (non-hydrogen) atoms. The first kappa shape index (κ1) is 15.5. The number of nitrogens with one attached hydrogen (secondary N) is 1. The highest BCUT2D eigenvalue weighted by Gasteiger charge is 2.25. The van der Waals surface area contributed by atoms with Gasteiger partial charge in [-0.25, -0.2) is 4.98 Å². The molecule has 0 radical (unpaired) electrons. The summed E-state index contributed by atoms with van der Waals surface area (Å²) in [4.78, 5) is 21.9. The Morgan fingerprint density at radius 2 is 2.19 bits per heavy atom. The Morgan fingerprint density at radius 3 is 2.81 bits per heavy atom. The molecule has 0 atom stereocenters. The molecule has 2 heterocycles. The number of aliphatic carboxylic acids is 1. The van der Waals surface area contributed by atoms with E-state index in [9.17, 15) is 4.79 Å². The smallest absolute Gasteiger partial charge is 0.306 e. The van der Waals surface area contributed by atoms with Crippen molar-refractivity contribution >= 4 is 17.7 Å². The second-order valence-electron chi connectivity index (χ2n) is 5.95. The monoisotopic (exact) mass is 292 g/mol. The van der Waals surface area contributed by atoms with E-state index < -0.39 is 5.97 Å². The highest BCUT2D eigenvalue weighted by atomic mass is 16.4. The van der Waals surface area contributed by atoms with Crippen LogP contribution in [-0.4, -0.2) is 40.7 Å². The second-order valence-corrected chi connectivity index (χ2v) is 5.95. The van der Waals surface area contributed by atoms with Crippen molar-refractivity contribution < 1.29 is 9.90 Å². The zero-order chi connectivity index (χ0) is 15.2. The molecule has 1 fully saturated rings. The first-order valence-corrected chi connectivity index (χ1v) is 7.61. The van der Waals surface area contributed by atoms with E-state index in [4.69, 9.17) is 5.11 Å². The Labute approximate surface area is 125 Å². The van der Waals surface area contributed by atoms with Crippen LogP contribution in [0.1, 0.15) is 33.1 Å². The van der Waals surface area contributed by atoms with Crippen LogP contribution in [0.15, 0.2) is 12.3 Å². The van der Waals surface area contributed by atoms with Crippen molar-refractivity contribution in [1.82, 2.24) is 9.97 Å². The molecule has 0 bridgehead atoms. The molecule has 0 unspecified atom stereocenters. The third kappa shape index (κ3) is 4.58. The molecule has 1 aliphatic heterocycles. The minimum absolute atomic E-state index is 0.216. The molecule has 0 aliphatic carbocycles. The van der Waals surface area contributed by atoms with Crippen molar-refractivity contribution in [2.45, 2.75) is 33.1 Å². The van der Waals surface area contributed by atoms with Gasteiger partial charge in [-0.1, -0.05) is 13.8 Å². The van der Waals surface area contributed by atoms with E-state index in [-0.39, 0.29) is 5.92 Å². The minimum atomic E-state index is -0.687. The van der Waals surface area contributed by atoms with Gasteiger partial charge in [0, 0.05) is 25.8 Å². The number of carboxylic acids is 1. The van der Waals surface area contributed by atoms with Crippen LogP contribution in [-0.2, 0) is 4.79 Å². The van der Waals surface area contributed by atoms with Crippen molar-refractivity contribution in [2.24, 2.45) is 11.8 Å². The second kappa shape index (κ2) is 7.24.